The third-order valence-corrected chi connectivity index (χ3v) is 3.83. The lowest BCUT2D eigenvalue weighted by atomic mass is 10.1. The minimum atomic E-state index is -0.591. The van der Waals surface area contributed by atoms with Crippen LogP contribution in [-0.4, -0.2) is 14.1 Å². The maximum absolute atomic E-state index is 13.4. The van der Waals surface area contributed by atoms with Crippen LogP contribution in [0, 0.1) is 5.82 Å². The zero-order valence-corrected chi connectivity index (χ0v) is 13.6. The lowest BCUT2D eigenvalue weighted by molar-refractivity contribution is 0.628. The van der Waals surface area contributed by atoms with Crippen LogP contribution in [0.15, 0.2) is 36.4 Å². The van der Waals surface area contributed by atoms with Crippen molar-refractivity contribution in [1.29, 1.82) is 0 Å². The summed E-state index contributed by atoms with van der Waals surface area (Å²) in [7, 11) is 4.00. The Hall–Kier alpha value is -1.45. The molecule has 112 valence electrons. The molecular weight excluding hydrogens is 310 g/mol. The zero-order valence-electron chi connectivity index (χ0n) is 12.1. The van der Waals surface area contributed by atoms with E-state index in [9.17, 15) is 4.39 Å². The highest BCUT2D eigenvalue weighted by molar-refractivity contribution is 6.35. The molecule has 0 amide bonds. The van der Waals surface area contributed by atoms with E-state index < -0.39 is 5.82 Å². The molecule has 2 nitrogen and oxygen atoms in total. The minimum Gasteiger partial charge on any atom is -0.378 e. The third-order valence-electron chi connectivity index (χ3n) is 3.28. The van der Waals surface area contributed by atoms with Gasteiger partial charge in [-0.3, -0.25) is 0 Å². The Kier molecular flexibility index (Phi) is 4.96. The van der Waals surface area contributed by atoms with Gasteiger partial charge in [-0.1, -0.05) is 35.3 Å². The Balaban J connectivity index is 2.16. The average Bonchev–Trinajstić information content (AvgIpc) is 2.44. The molecule has 5 heteroatoms. The van der Waals surface area contributed by atoms with Crippen LogP contribution in [0.3, 0.4) is 0 Å². The van der Waals surface area contributed by atoms with E-state index in [0.717, 1.165) is 11.3 Å². The number of hydrogen-bond acceptors (Lipinski definition) is 2. The van der Waals surface area contributed by atoms with Crippen molar-refractivity contribution in [1.82, 2.24) is 0 Å². The normalized spacial score (nSPS) is 12.1. The number of halogens is 3. The maximum atomic E-state index is 13.4. The quantitative estimate of drug-likeness (QED) is 0.759. The predicted octanol–water partition coefficient (Wildman–Crippen LogP) is 5.37. The van der Waals surface area contributed by atoms with Gasteiger partial charge in [-0.2, -0.15) is 0 Å². The molecule has 1 unspecified atom stereocenters. The average molecular weight is 327 g/mol. The van der Waals surface area contributed by atoms with Crippen molar-refractivity contribution in [2.45, 2.75) is 13.0 Å². The number of nitrogens with zero attached hydrogens (tertiary/aromatic N) is 1. The second-order valence-electron chi connectivity index (χ2n) is 5.11. The van der Waals surface area contributed by atoms with E-state index >= 15 is 0 Å². The maximum Gasteiger partial charge on any atom is 0.160 e. The first kappa shape index (κ1) is 15.9. The molecule has 0 saturated heterocycles. The molecule has 0 heterocycles. The fourth-order valence-corrected chi connectivity index (χ4v) is 2.52. The monoisotopic (exact) mass is 326 g/mol. The van der Waals surface area contributed by atoms with E-state index in [4.69, 9.17) is 23.2 Å². The van der Waals surface area contributed by atoms with Gasteiger partial charge in [-0.25, -0.2) is 4.39 Å². The second kappa shape index (κ2) is 6.54. The first-order valence-electron chi connectivity index (χ1n) is 6.57. The van der Waals surface area contributed by atoms with E-state index in [-0.39, 0.29) is 16.1 Å². The highest BCUT2D eigenvalue weighted by Gasteiger charge is 2.10. The first-order chi connectivity index (χ1) is 9.88. The van der Waals surface area contributed by atoms with Gasteiger partial charge in [0.1, 0.15) is 0 Å². The number of benzene rings is 2. The summed E-state index contributed by atoms with van der Waals surface area (Å²) in [4.78, 5) is 2.04. The van der Waals surface area contributed by atoms with Gasteiger partial charge in [0, 0.05) is 31.5 Å². The minimum absolute atomic E-state index is 0.0140. The van der Waals surface area contributed by atoms with E-state index in [1.54, 1.807) is 0 Å². The van der Waals surface area contributed by atoms with Gasteiger partial charge in [0.2, 0.25) is 0 Å². The molecule has 1 atom stereocenters. The fourth-order valence-electron chi connectivity index (χ4n) is 2.03. The first-order valence-corrected chi connectivity index (χ1v) is 7.32. The van der Waals surface area contributed by atoms with Crippen molar-refractivity contribution < 1.29 is 4.39 Å². The van der Waals surface area contributed by atoms with Gasteiger partial charge in [0.05, 0.1) is 10.0 Å². The van der Waals surface area contributed by atoms with Gasteiger partial charge in [0.25, 0.3) is 0 Å². The number of nitrogens with one attached hydrogen (secondary N) is 1. The van der Waals surface area contributed by atoms with Crippen molar-refractivity contribution >= 4 is 34.6 Å². The summed E-state index contributed by atoms with van der Waals surface area (Å²) in [6.45, 7) is 2.02. The molecule has 0 aliphatic carbocycles. The van der Waals surface area contributed by atoms with Crippen LogP contribution in [0.25, 0.3) is 0 Å². The number of rotatable bonds is 4. The van der Waals surface area contributed by atoms with Crippen LogP contribution in [-0.2, 0) is 0 Å². The third kappa shape index (κ3) is 3.80. The zero-order chi connectivity index (χ0) is 15.6. The van der Waals surface area contributed by atoms with Crippen molar-refractivity contribution in [3.8, 4) is 0 Å². The summed E-state index contributed by atoms with van der Waals surface area (Å²) in [6, 6.07) is 11.3. The molecule has 0 radical (unpaired) electrons. The van der Waals surface area contributed by atoms with Crippen LogP contribution < -0.4 is 10.2 Å². The summed E-state index contributed by atoms with van der Waals surface area (Å²) in [6.07, 6.45) is 0. The lowest BCUT2D eigenvalue weighted by Crippen LogP contribution is -2.10. The molecule has 1 N–H and O–H groups in total. The number of hydrogen-bond donors (Lipinski definition) is 1. The van der Waals surface area contributed by atoms with Crippen molar-refractivity contribution in [2.75, 3.05) is 24.3 Å². The lowest BCUT2D eigenvalue weighted by Gasteiger charge is -2.18. The Labute approximate surface area is 134 Å². The molecule has 21 heavy (non-hydrogen) atoms. The highest BCUT2D eigenvalue weighted by atomic mass is 35.5. The summed E-state index contributed by atoms with van der Waals surface area (Å²) < 4.78 is 13.4. The Morgan fingerprint density at radius 2 is 1.57 bits per heavy atom. The molecule has 0 bridgehead atoms. The van der Waals surface area contributed by atoms with Crippen molar-refractivity contribution in [3.63, 3.8) is 0 Å². The molecular formula is C16H17Cl2FN2. The summed E-state index contributed by atoms with van der Waals surface area (Å²) in [5.74, 6) is -0.591. The summed E-state index contributed by atoms with van der Waals surface area (Å²) >= 11 is 11.6. The van der Waals surface area contributed by atoms with Crippen LogP contribution in [0.4, 0.5) is 15.8 Å². The van der Waals surface area contributed by atoms with Gasteiger partial charge in [-0.05, 0) is 36.8 Å². The van der Waals surface area contributed by atoms with E-state index in [1.165, 1.54) is 12.1 Å². The molecule has 0 aliphatic heterocycles. The Bertz CT molecular complexity index is 604. The molecule has 0 spiro atoms. The van der Waals surface area contributed by atoms with Gasteiger partial charge < -0.3 is 10.2 Å². The van der Waals surface area contributed by atoms with Gasteiger partial charge in [-0.15, -0.1) is 0 Å². The van der Waals surface area contributed by atoms with Gasteiger partial charge >= 0.3 is 0 Å². The smallest absolute Gasteiger partial charge is 0.160 e. The summed E-state index contributed by atoms with van der Waals surface area (Å²) in [5.41, 5.74) is 2.95. The molecule has 2 aromatic rings. The Morgan fingerprint density at radius 1 is 1.05 bits per heavy atom. The van der Waals surface area contributed by atoms with Crippen molar-refractivity contribution in [3.05, 3.63) is 57.8 Å². The van der Waals surface area contributed by atoms with E-state index in [1.807, 2.05) is 25.9 Å². The molecule has 0 saturated carbocycles. The highest BCUT2D eigenvalue weighted by Crippen LogP contribution is 2.29. The van der Waals surface area contributed by atoms with Crippen LogP contribution in [0.2, 0.25) is 10.0 Å². The number of anilines is 2. The summed E-state index contributed by atoms with van der Waals surface area (Å²) in [5, 5.41) is 3.29. The van der Waals surface area contributed by atoms with Crippen molar-refractivity contribution in [2.24, 2.45) is 0 Å². The van der Waals surface area contributed by atoms with E-state index in [2.05, 4.69) is 29.6 Å². The molecule has 2 rings (SSSR count). The topological polar surface area (TPSA) is 15.3 Å². The molecule has 0 aliphatic rings. The van der Waals surface area contributed by atoms with Gasteiger partial charge in [0.15, 0.2) is 5.82 Å². The predicted molar refractivity (Wildman–Crippen MR) is 89.2 cm³/mol. The molecule has 0 fully saturated rings. The largest absolute Gasteiger partial charge is 0.378 e. The van der Waals surface area contributed by atoms with Crippen LogP contribution in [0.5, 0.6) is 0 Å². The van der Waals surface area contributed by atoms with Crippen LogP contribution in [0.1, 0.15) is 18.5 Å². The van der Waals surface area contributed by atoms with Crippen LogP contribution >= 0.6 is 23.2 Å². The Morgan fingerprint density at radius 3 is 2.05 bits per heavy atom. The second-order valence-corrected chi connectivity index (χ2v) is 5.92. The van der Waals surface area contributed by atoms with E-state index in [0.29, 0.717) is 5.69 Å². The standard InChI is InChI=1S/C16H17Cl2FN2/c1-10(11-4-6-13(7-5-11)21(2)3)20-12-8-14(17)16(19)15(18)9-12/h4-10,20H,1-3H3. The fraction of sp³-hybridized carbons (Fsp3) is 0.250. The molecule has 0 aromatic heterocycles. The molecule has 2 aromatic carbocycles. The SMILES string of the molecule is CC(Nc1cc(Cl)c(F)c(Cl)c1)c1ccc(N(C)C)cc1.